The molecule has 0 aromatic carbocycles. The second-order valence-corrected chi connectivity index (χ2v) is 5.74. The first-order chi connectivity index (χ1) is 8.36. The van der Waals surface area contributed by atoms with Gasteiger partial charge in [0.05, 0.1) is 0 Å². The molecule has 1 atom stereocenters. The van der Waals surface area contributed by atoms with Crippen LogP contribution >= 0.6 is 0 Å². The van der Waals surface area contributed by atoms with Gasteiger partial charge in [-0.3, -0.25) is 0 Å². The number of hydrogen-bond acceptors (Lipinski definition) is 3. The van der Waals surface area contributed by atoms with Crippen LogP contribution in [-0.4, -0.2) is 62.2 Å². The van der Waals surface area contributed by atoms with Crippen molar-refractivity contribution in [2.24, 2.45) is 0 Å². The zero-order valence-electron chi connectivity index (χ0n) is 11.5. The van der Waals surface area contributed by atoms with Crippen LogP contribution in [0.2, 0.25) is 0 Å². The summed E-state index contributed by atoms with van der Waals surface area (Å²) in [7, 11) is 2.27. The number of piperidine rings is 2. The van der Waals surface area contributed by atoms with Crippen molar-refractivity contribution in [2.45, 2.75) is 44.6 Å². The third kappa shape index (κ3) is 4.57. The van der Waals surface area contributed by atoms with Crippen LogP contribution in [0.15, 0.2) is 0 Å². The Labute approximate surface area is 107 Å². The lowest BCUT2D eigenvalue weighted by atomic mass is 10.0. The molecule has 2 saturated heterocycles. The lowest BCUT2D eigenvalue weighted by Gasteiger charge is -2.33. The van der Waals surface area contributed by atoms with Crippen molar-refractivity contribution in [1.29, 1.82) is 0 Å². The summed E-state index contributed by atoms with van der Waals surface area (Å²) in [6, 6.07) is 0.783. The van der Waals surface area contributed by atoms with Crippen LogP contribution in [0.3, 0.4) is 0 Å². The van der Waals surface area contributed by atoms with Crippen molar-refractivity contribution in [3.05, 3.63) is 0 Å². The van der Waals surface area contributed by atoms with E-state index in [0.717, 1.165) is 6.04 Å². The molecule has 0 aliphatic carbocycles. The summed E-state index contributed by atoms with van der Waals surface area (Å²) < 4.78 is 0. The first-order valence-corrected chi connectivity index (χ1v) is 7.49. The molecule has 0 spiro atoms. The minimum atomic E-state index is 0.783. The molecule has 2 aliphatic heterocycles. The van der Waals surface area contributed by atoms with Gasteiger partial charge < -0.3 is 15.1 Å². The quantitative estimate of drug-likeness (QED) is 0.734. The third-order valence-corrected chi connectivity index (χ3v) is 4.35. The second kappa shape index (κ2) is 7.34. The molecular formula is C14H29N3. The van der Waals surface area contributed by atoms with E-state index in [1.807, 2.05) is 0 Å². The number of likely N-dealkylation sites (N-methyl/N-ethyl adjacent to an activating group) is 1. The molecule has 0 aromatic rings. The molecule has 2 heterocycles. The van der Waals surface area contributed by atoms with Gasteiger partial charge in [0.1, 0.15) is 0 Å². The van der Waals surface area contributed by atoms with Gasteiger partial charge in [0.15, 0.2) is 0 Å². The summed E-state index contributed by atoms with van der Waals surface area (Å²) in [6.07, 6.45) is 8.45. The highest BCUT2D eigenvalue weighted by Gasteiger charge is 2.18. The fourth-order valence-electron chi connectivity index (χ4n) is 3.09. The van der Waals surface area contributed by atoms with Crippen LogP contribution in [0.25, 0.3) is 0 Å². The summed E-state index contributed by atoms with van der Waals surface area (Å²) in [5.41, 5.74) is 0. The van der Waals surface area contributed by atoms with Gasteiger partial charge in [-0.1, -0.05) is 12.8 Å². The molecule has 0 radical (unpaired) electrons. The van der Waals surface area contributed by atoms with Crippen LogP contribution in [0.1, 0.15) is 38.5 Å². The Morgan fingerprint density at radius 2 is 1.76 bits per heavy atom. The fourth-order valence-corrected chi connectivity index (χ4v) is 3.09. The van der Waals surface area contributed by atoms with Gasteiger partial charge in [0, 0.05) is 25.7 Å². The maximum atomic E-state index is 3.65. The highest BCUT2D eigenvalue weighted by molar-refractivity contribution is 4.76. The smallest absolute Gasteiger partial charge is 0.0217 e. The van der Waals surface area contributed by atoms with Gasteiger partial charge in [0.2, 0.25) is 0 Å². The highest BCUT2D eigenvalue weighted by Crippen LogP contribution is 2.13. The molecule has 100 valence electrons. The summed E-state index contributed by atoms with van der Waals surface area (Å²) in [5, 5.41) is 3.65. The molecule has 0 amide bonds. The lowest BCUT2D eigenvalue weighted by Crippen LogP contribution is -2.45. The molecule has 17 heavy (non-hydrogen) atoms. The zero-order valence-corrected chi connectivity index (χ0v) is 11.5. The average molecular weight is 239 g/mol. The van der Waals surface area contributed by atoms with E-state index in [4.69, 9.17) is 0 Å². The van der Waals surface area contributed by atoms with Crippen LogP contribution in [0.5, 0.6) is 0 Å². The second-order valence-electron chi connectivity index (χ2n) is 5.74. The minimum Gasteiger partial charge on any atom is -0.314 e. The molecule has 2 fully saturated rings. The molecule has 0 bridgehead atoms. The number of nitrogens with one attached hydrogen (secondary N) is 1. The number of nitrogens with zero attached hydrogens (tertiary/aromatic N) is 2. The van der Waals surface area contributed by atoms with Crippen molar-refractivity contribution in [3.63, 3.8) is 0 Å². The molecule has 1 N–H and O–H groups in total. The molecule has 0 saturated carbocycles. The van der Waals surface area contributed by atoms with Gasteiger partial charge in [-0.15, -0.1) is 0 Å². The van der Waals surface area contributed by atoms with E-state index in [1.54, 1.807) is 0 Å². The summed E-state index contributed by atoms with van der Waals surface area (Å²) in [5.74, 6) is 0. The molecule has 3 heteroatoms. The van der Waals surface area contributed by atoms with E-state index in [-0.39, 0.29) is 0 Å². The molecule has 2 rings (SSSR count). The largest absolute Gasteiger partial charge is 0.314 e. The Balaban J connectivity index is 1.53. The van der Waals surface area contributed by atoms with Crippen LogP contribution in [0.4, 0.5) is 0 Å². The summed E-state index contributed by atoms with van der Waals surface area (Å²) in [6.45, 7) is 7.54. The minimum absolute atomic E-state index is 0.783. The topological polar surface area (TPSA) is 18.5 Å². The standard InChI is InChI=1S/C14H29N3/c1-16-9-6-3-7-14(16)13-15-8-12-17-10-4-2-5-11-17/h14-15H,2-13H2,1H3. The van der Waals surface area contributed by atoms with E-state index >= 15 is 0 Å². The van der Waals surface area contributed by atoms with E-state index in [2.05, 4.69) is 22.2 Å². The Morgan fingerprint density at radius 3 is 2.53 bits per heavy atom. The first kappa shape index (κ1) is 13.3. The predicted molar refractivity (Wildman–Crippen MR) is 73.4 cm³/mol. The Bertz CT molecular complexity index is 202. The number of hydrogen-bond donors (Lipinski definition) is 1. The van der Waals surface area contributed by atoms with Gasteiger partial charge in [0.25, 0.3) is 0 Å². The van der Waals surface area contributed by atoms with Crippen molar-refractivity contribution in [3.8, 4) is 0 Å². The van der Waals surface area contributed by atoms with Crippen molar-refractivity contribution < 1.29 is 0 Å². The van der Waals surface area contributed by atoms with Gasteiger partial charge in [-0.2, -0.15) is 0 Å². The van der Waals surface area contributed by atoms with E-state index in [1.165, 1.54) is 77.8 Å². The molecule has 0 aromatic heterocycles. The first-order valence-electron chi connectivity index (χ1n) is 7.49. The number of rotatable bonds is 5. The highest BCUT2D eigenvalue weighted by atomic mass is 15.2. The SMILES string of the molecule is CN1CCCCC1CNCCN1CCCCC1. The molecule has 3 nitrogen and oxygen atoms in total. The number of likely N-dealkylation sites (tertiary alicyclic amines) is 2. The maximum Gasteiger partial charge on any atom is 0.0217 e. The predicted octanol–water partition coefficient (Wildman–Crippen LogP) is 1.55. The summed E-state index contributed by atoms with van der Waals surface area (Å²) in [4.78, 5) is 5.14. The van der Waals surface area contributed by atoms with E-state index < -0.39 is 0 Å². The van der Waals surface area contributed by atoms with Crippen molar-refractivity contribution in [1.82, 2.24) is 15.1 Å². The Hall–Kier alpha value is -0.120. The monoisotopic (exact) mass is 239 g/mol. The third-order valence-electron chi connectivity index (χ3n) is 4.35. The lowest BCUT2D eigenvalue weighted by molar-refractivity contribution is 0.177. The van der Waals surface area contributed by atoms with E-state index in [9.17, 15) is 0 Å². The van der Waals surface area contributed by atoms with Crippen molar-refractivity contribution >= 4 is 0 Å². The van der Waals surface area contributed by atoms with Crippen molar-refractivity contribution in [2.75, 3.05) is 46.3 Å². The fraction of sp³-hybridized carbons (Fsp3) is 1.00. The Kier molecular flexibility index (Phi) is 5.75. The summed E-state index contributed by atoms with van der Waals surface area (Å²) >= 11 is 0. The molecule has 1 unspecified atom stereocenters. The van der Waals surface area contributed by atoms with Crippen LogP contribution in [-0.2, 0) is 0 Å². The maximum absolute atomic E-state index is 3.65. The van der Waals surface area contributed by atoms with Gasteiger partial charge >= 0.3 is 0 Å². The molecule has 2 aliphatic rings. The zero-order chi connectivity index (χ0) is 11.9. The van der Waals surface area contributed by atoms with Crippen LogP contribution < -0.4 is 5.32 Å². The average Bonchev–Trinajstić information content (AvgIpc) is 2.38. The normalized spacial score (nSPS) is 28.4. The van der Waals surface area contributed by atoms with Gasteiger partial charge in [-0.25, -0.2) is 0 Å². The van der Waals surface area contributed by atoms with E-state index in [0.29, 0.717) is 0 Å². The molecular weight excluding hydrogens is 210 g/mol. The Morgan fingerprint density at radius 1 is 1.00 bits per heavy atom. The van der Waals surface area contributed by atoms with Gasteiger partial charge in [-0.05, 0) is 52.4 Å². The van der Waals surface area contributed by atoms with Crippen LogP contribution in [0, 0.1) is 0 Å².